The van der Waals surface area contributed by atoms with Crippen molar-refractivity contribution in [3.8, 4) is 0 Å². The summed E-state index contributed by atoms with van der Waals surface area (Å²) >= 11 is 3.30. The first-order valence-electron chi connectivity index (χ1n) is 3.68. The van der Waals surface area contributed by atoms with Crippen molar-refractivity contribution in [2.45, 2.75) is 0 Å². The van der Waals surface area contributed by atoms with Gasteiger partial charge in [0.15, 0.2) is 0 Å². The van der Waals surface area contributed by atoms with E-state index in [0.717, 1.165) is 4.47 Å². The molecule has 0 amide bonds. The van der Waals surface area contributed by atoms with Gasteiger partial charge in [0, 0.05) is 11.5 Å². The van der Waals surface area contributed by atoms with Gasteiger partial charge in [-0.1, -0.05) is 11.3 Å². The van der Waals surface area contributed by atoms with Crippen molar-refractivity contribution in [3.05, 3.63) is 33.0 Å². The van der Waals surface area contributed by atoms with Gasteiger partial charge in [0.1, 0.15) is 5.52 Å². The van der Waals surface area contributed by atoms with Crippen molar-refractivity contribution in [1.82, 2.24) is 15.0 Å². The first-order chi connectivity index (χ1) is 6.20. The van der Waals surface area contributed by atoms with Gasteiger partial charge in [-0.25, -0.2) is 4.68 Å². The van der Waals surface area contributed by atoms with Gasteiger partial charge in [-0.2, -0.15) is 0 Å². The van der Waals surface area contributed by atoms with Crippen LogP contribution in [0, 0.1) is 0 Å². The lowest BCUT2D eigenvalue weighted by molar-refractivity contribution is 0.656. The molecule has 0 atom stereocenters. The van der Waals surface area contributed by atoms with E-state index in [1.54, 1.807) is 13.1 Å². The minimum atomic E-state index is -0.141. The molecule has 0 bridgehead atoms. The fourth-order valence-electron chi connectivity index (χ4n) is 1.13. The standard InChI is InChI=1S/C8H6BrN3O/c1-12-8(13)7-5(9)3-2-4-6(7)10-11-12/h2-4H,1H3. The molecule has 0 radical (unpaired) electrons. The fraction of sp³-hybridized carbons (Fsp3) is 0.125. The van der Waals surface area contributed by atoms with Crippen LogP contribution in [-0.4, -0.2) is 15.0 Å². The fourth-order valence-corrected chi connectivity index (χ4v) is 1.65. The Hall–Kier alpha value is -1.23. The summed E-state index contributed by atoms with van der Waals surface area (Å²) in [6.07, 6.45) is 0. The van der Waals surface area contributed by atoms with Crippen molar-refractivity contribution in [1.29, 1.82) is 0 Å². The van der Waals surface area contributed by atoms with Gasteiger partial charge in [0.2, 0.25) is 0 Å². The van der Waals surface area contributed by atoms with Gasteiger partial charge in [-0.15, -0.1) is 5.10 Å². The summed E-state index contributed by atoms with van der Waals surface area (Å²) in [5.41, 5.74) is 0.468. The maximum atomic E-state index is 11.6. The minimum Gasteiger partial charge on any atom is -0.267 e. The second-order valence-corrected chi connectivity index (χ2v) is 3.51. The average Bonchev–Trinajstić information content (AvgIpc) is 2.12. The molecule has 4 nitrogen and oxygen atoms in total. The molecule has 0 saturated heterocycles. The highest BCUT2D eigenvalue weighted by molar-refractivity contribution is 9.10. The molecule has 2 aromatic rings. The molecule has 1 aromatic heterocycles. The first-order valence-corrected chi connectivity index (χ1v) is 4.47. The number of aryl methyl sites for hydroxylation is 1. The monoisotopic (exact) mass is 239 g/mol. The van der Waals surface area contributed by atoms with E-state index < -0.39 is 0 Å². The predicted octanol–water partition coefficient (Wildman–Crippen LogP) is 1.09. The van der Waals surface area contributed by atoms with Crippen LogP contribution < -0.4 is 5.56 Å². The molecule has 0 aliphatic rings. The molecule has 0 aliphatic heterocycles. The van der Waals surface area contributed by atoms with Gasteiger partial charge in [0.25, 0.3) is 5.56 Å². The molecule has 0 saturated carbocycles. The third kappa shape index (κ3) is 1.25. The lowest BCUT2D eigenvalue weighted by atomic mass is 10.2. The maximum absolute atomic E-state index is 11.6. The maximum Gasteiger partial charge on any atom is 0.278 e. The number of halogens is 1. The number of benzene rings is 1. The molecular weight excluding hydrogens is 234 g/mol. The highest BCUT2D eigenvalue weighted by Crippen LogP contribution is 2.17. The quantitative estimate of drug-likeness (QED) is 0.692. The Morgan fingerprint density at radius 1 is 1.46 bits per heavy atom. The van der Waals surface area contributed by atoms with Crippen LogP contribution in [0.2, 0.25) is 0 Å². The summed E-state index contributed by atoms with van der Waals surface area (Å²) in [5, 5.41) is 8.14. The van der Waals surface area contributed by atoms with Crippen LogP contribution in [0.3, 0.4) is 0 Å². The van der Waals surface area contributed by atoms with Crippen molar-refractivity contribution >= 4 is 26.8 Å². The van der Waals surface area contributed by atoms with E-state index in [2.05, 4.69) is 26.2 Å². The Morgan fingerprint density at radius 3 is 3.00 bits per heavy atom. The molecule has 0 spiro atoms. The summed E-state index contributed by atoms with van der Waals surface area (Å²) in [6.45, 7) is 0. The lowest BCUT2D eigenvalue weighted by Gasteiger charge is -1.99. The van der Waals surface area contributed by atoms with Crippen LogP contribution in [0.25, 0.3) is 10.9 Å². The average molecular weight is 240 g/mol. The zero-order chi connectivity index (χ0) is 9.42. The molecule has 13 heavy (non-hydrogen) atoms. The molecule has 1 aromatic carbocycles. The molecule has 66 valence electrons. The third-order valence-corrected chi connectivity index (χ3v) is 2.45. The Bertz CT molecular complexity index is 520. The van der Waals surface area contributed by atoms with Gasteiger partial charge < -0.3 is 0 Å². The Labute approximate surface area is 82.3 Å². The second kappa shape index (κ2) is 2.92. The van der Waals surface area contributed by atoms with Crippen molar-refractivity contribution < 1.29 is 0 Å². The van der Waals surface area contributed by atoms with E-state index >= 15 is 0 Å². The van der Waals surface area contributed by atoms with E-state index in [1.165, 1.54) is 4.68 Å². The van der Waals surface area contributed by atoms with Crippen molar-refractivity contribution in [2.75, 3.05) is 0 Å². The van der Waals surface area contributed by atoms with Crippen molar-refractivity contribution in [2.24, 2.45) is 7.05 Å². The molecule has 0 unspecified atom stereocenters. The minimum absolute atomic E-state index is 0.141. The molecule has 2 rings (SSSR count). The lowest BCUT2D eigenvalue weighted by Crippen LogP contribution is -2.21. The van der Waals surface area contributed by atoms with Gasteiger partial charge >= 0.3 is 0 Å². The zero-order valence-electron chi connectivity index (χ0n) is 6.86. The number of hydrogen-bond donors (Lipinski definition) is 0. The SMILES string of the molecule is Cn1nnc2cccc(Br)c2c1=O. The number of aromatic nitrogens is 3. The Morgan fingerprint density at radius 2 is 2.23 bits per heavy atom. The molecule has 0 aliphatic carbocycles. The van der Waals surface area contributed by atoms with Crippen LogP contribution in [0.15, 0.2) is 27.5 Å². The topological polar surface area (TPSA) is 47.8 Å². The molecule has 0 N–H and O–H groups in total. The van der Waals surface area contributed by atoms with Crippen molar-refractivity contribution in [3.63, 3.8) is 0 Å². The van der Waals surface area contributed by atoms with E-state index in [9.17, 15) is 4.79 Å². The van der Waals surface area contributed by atoms with Gasteiger partial charge in [-0.3, -0.25) is 4.79 Å². The largest absolute Gasteiger partial charge is 0.278 e. The summed E-state index contributed by atoms with van der Waals surface area (Å²) in [5.74, 6) is 0. The van der Waals surface area contributed by atoms with Gasteiger partial charge in [0.05, 0.1) is 5.39 Å². The number of hydrogen-bond acceptors (Lipinski definition) is 3. The van der Waals surface area contributed by atoms with E-state index in [4.69, 9.17) is 0 Å². The van der Waals surface area contributed by atoms with Gasteiger partial charge in [-0.05, 0) is 28.1 Å². The van der Waals surface area contributed by atoms with E-state index in [-0.39, 0.29) is 5.56 Å². The number of fused-ring (bicyclic) bond motifs is 1. The van der Waals surface area contributed by atoms with Crippen LogP contribution in [0.5, 0.6) is 0 Å². The third-order valence-electron chi connectivity index (χ3n) is 1.79. The first kappa shape index (κ1) is 8.37. The molecule has 0 fully saturated rings. The van der Waals surface area contributed by atoms with Crippen LogP contribution in [0.4, 0.5) is 0 Å². The molecule has 1 heterocycles. The van der Waals surface area contributed by atoms with Crippen LogP contribution in [0.1, 0.15) is 0 Å². The second-order valence-electron chi connectivity index (χ2n) is 2.65. The summed E-state index contributed by atoms with van der Waals surface area (Å²) in [6, 6.07) is 5.39. The summed E-state index contributed by atoms with van der Waals surface area (Å²) in [7, 11) is 1.58. The highest BCUT2D eigenvalue weighted by Gasteiger charge is 2.05. The predicted molar refractivity (Wildman–Crippen MR) is 52.5 cm³/mol. The number of rotatable bonds is 0. The zero-order valence-corrected chi connectivity index (χ0v) is 8.45. The van der Waals surface area contributed by atoms with Crippen LogP contribution >= 0.6 is 15.9 Å². The Kier molecular flexibility index (Phi) is 1.88. The smallest absolute Gasteiger partial charge is 0.267 e. The van der Waals surface area contributed by atoms with E-state index in [1.807, 2.05) is 12.1 Å². The highest BCUT2D eigenvalue weighted by atomic mass is 79.9. The Balaban J connectivity index is 3.06. The van der Waals surface area contributed by atoms with Crippen LogP contribution in [-0.2, 0) is 7.05 Å². The number of nitrogens with zero attached hydrogens (tertiary/aromatic N) is 3. The summed E-state index contributed by atoms with van der Waals surface area (Å²) < 4.78 is 1.97. The molecule has 5 heteroatoms. The summed E-state index contributed by atoms with van der Waals surface area (Å²) in [4.78, 5) is 11.6. The molecular formula is C8H6BrN3O. The van der Waals surface area contributed by atoms with E-state index in [0.29, 0.717) is 10.9 Å². The normalized spacial score (nSPS) is 10.6.